The highest BCUT2D eigenvalue weighted by Gasteiger charge is 2.22. The number of nitrogens with zero attached hydrogens (tertiary/aromatic N) is 7. The van der Waals surface area contributed by atoms with E-state index in [9.17, 15) is 14.9 Å². The van der Waals surface area contributed by atoms with E-state index in [0.717, 1.165) is 24.0 Å². The van der Waals surface area contributed by atoms with Gasteiger partial charge in [0.2, 0.25) is 5.91 Å². The van der Waals surface area contributed by atoms with Crippen LogP contribution in [0, 0.1) is 17.0 Å². The molecule has 0 spiro atoms. The third-order valence-electron chi connectivity index (χ3n) is 4.54. The Balaban J connectivity index is 1.68. The Bertz CT molecular complexity index is 986. The van der Waals surface area contributed by atoms with Crippen LogP contribution in [0.4, 0.5) is 11.4 Å². The zero-order chi connectivity index (χ0) is 20.3. The lowest BCUT2D eigenvalue weighted by Gasteiger charge is -2.14. The van der Waals surface area contributed by atoms with Crippen LogP contribution in [0.2, 0.25) is 0 Å². The molecule has 11 heteroatoms. The number of aryl methyl sites for hydroxylation is 1. The van der Waals surface area contributed by atoms with E-state index in [1.807, 2.05) is 31.6 Å². The van der Waals surface area contributed by atoms with E-state index < -0.39 is 11.0 Å². The molecule has 0 aromatic carbocycles. The summed E-state index contributed by atoms with van der Waals surface area (Å²) in [5, 5.41) is 26.1. The average molecular weight is 386 g/mol. The number of amides is 1. The second-order valence-electron chi connectivity index (χ2n) is 6.35. The molecule has 0 fully saturated rings. The van der Waals surface area contributed by atoms with Crippen molar-refractivity contribution < 1.29 is 9.72 Å². The highest BCUT2D eigenvalue weighted by molar-refractivity contribution is 5.93. The number of nitro groups is 1. The van der Waals surface area contributed by atoms with Gasteiger partial charge in [0.05, 0.1) is 29.5 Å². The number of hydrogen-bond donors (Lipinski definition) is 1. The molecule has 1 amide bonds. The van der Waals surface area contributed by atoms with E-state index in [1.54, 1.807) is 17.1 Å². The molecule has 1 atom stereocenters. The van der Waals surface area contributed by atoms with Crippen LogP contribution >= 0.6 is 0 Å². The zero-order valence-electron chi connectivity index (χ0n) is 15.9. The molecule has 148 valence electrons. The SMILES string of the molecule is CCC(C(=O)Nc1cnn(Cc2cnn(CC)c2C)c1)n1cc([N+](=O)[O-])cn1. The zero-order valence-corrected chi connectivity index (χ0v) is 15.9. The predicted molar refractivity (Wildman–Crippen MR) is 101 cm³/mol. The highest BCUT2D eigenvalue weighted by atomic mass is 16.6. The first kappa shape index (κ1) is 19.3. The molecule has 0 bridgehead atoms. The Kier molecular flexibility index (Phi) is 5.52. The highest BCUT2D eigenvalue weighted by Crippen LogP contribution is 2.18. The fourth-order valence-corrected chi connectivity index (χ4v) is 2.96. The molecule has 3 aromatic rings. The van der Waals surface area contributed by atoms with Gasteiger partial charge in [-0.05, 0) is 20.3 Å². The number of anilines is 1. The number of carbonyl (C=O) groups excluding carboxylic acids is 1. The van der Waals surface area contributed by atoms with Gasteiger partial charge in [0, 0.05) is 24.0 Å². The molecular weight excluding hydrogens is 364 g/mol. The molecule has 0 aliphatic rings. The Morgan fingerprint density at radius 2 is 2.00 bits per heavy atom. The van der Waals surface area contributed by atoms with Gasteiger partial charge < -0.3 is 5.32 Å². The van der Waals surface area contributed by atoms with Crippen LogP contribution in [-0.2, 0) is 17.9 Å². The Morgan fingerprint density at radius 3 is 2.61 bits per heavy atom. The van der Waals surface area contributed by atoms with Crippen molar-refractivity contribution in [2.45, 2.75) is 46.3 Å². The lowest BCUT2D eigenvalue weighted by molar-refractivity contribution is -0.385. The van der Waals surface area contributed by atoms with Gasteiger partial charge in [0.1, 0.15) is 18.4 Å². The molecular formula is C17H22N8O3. The number of aromatic nitrogens is 6. The van der Waals surface area contributed by atoms with E-state index in [-0.39, 0.29) is 11.6 Å². The smallest absolute Gasteiger partial charge is 0.307 e. The molecule has 0 aliphatic heterocycles. The standard InChI is InChI=1S/C17H22N8O3/c1-4-16(24-11-15(8-20-24)25(27)28)17(26)21-14-7-18-22(10-14)9-13-6-19-23(5-2)12(13)3/h6-8,10-11,16H,4-5,9H2,1-3H3,(H,21,26). The summed E-state index contributed by atoms with van der Waals surface area (Å²) in [6.45, 7) is 7.20. The first-order chi connectivity index (χ1) is 13.4. The molecule has 3 rings (SSSR count). The van der Waals surface area contributed by atoms with Crippen LogP contribution in [0.3, 0.4) is 0 Å². The summed E-state index contributed by atoms with van der Waals surface area (Å²) in [6, 6.07) is -0.651. The van der Waals surface area contributed by atoms with Gasteiger partial charge in [0.25, 0.3) is 0 Å². The van der Waals surface area contributed by atoms with Gasteiger partial charge in [-0.15, -0.1) is 0 Å². The second-order valence-corrected chi connectivity index (χ2v) is 6.35. The maximum atomic E-state index is 12.6. The monoisotopic (exact) mass is 386 g/mol. The summed E-state index contributed by atoms with van der Waals surface area (Å²) in [7, 11) is 0. The normalized spacial score (nSPS) is 12.1. The van der Waals surface area contributed by atoms with Gasteiger partial charge in [-0.2, -0.15) is 15.3 Å². The summed E-state index contributed by atoms with van der Waals surface area (Å²) in [4.78, 5) is 22.9. The van der Waals surface area contributed by atoms with Crippen molar-refractivity contribution >= 4 is 17.3 Å². The molecule has 1 unspecified atom stereocenters. The molecule has 0 radical (unpaired) electrons. The van der Waals surface area contributed by atoms with Crippen molar-refractivity contribution in [1.82, 2.24) is 29.3 Å². The first-order valence-electron chi connectivity index (χ1n) is 8.96. The molecule has 3 heterocycles. The van der Waals surface area contributed by atoms with Crippen molar-refractivity contribution in [3.8, 4) is 0 Å². The minimum atomic E-state index is -0.651. The third kappa shape index (κ3) is 3.92. The molecule has 11 nitrogen and oxygen atoms in total. The Morgan fingerprint density at radius 1 is 1.21 bits per heavy atom. The van der Waals surface area contributed by atoms with Crippen molar-refractivity contribution in [2.75, 3.05) is 5.32 Å². The Labute approximate surface area is 161 Å². The average Bonchev–Trinajstić information content (AvgIpc) is 3.38. The number of nitrogens with one attached hydrogen (secondary N) is 1. The van der Waals surface area contributed by atoms with Crippen LogP contribution < -0.4 is 5.32 Å². The largest absolute Gasteiger partial charge is 0.322 e. The van der Waals surface area contributed by atoms with Gasteiger partial charge >= 0.3 is 5.69 Å². The Hall–Kier alpha value is -3.50. The molecule has 28 heavy (non-hydrogen) atoms. The van der Waals surface area contributed by atoms with Crippen LogP contribution in [0.1, 0.15) is 37.6 Å². The molecule has 3 aromatic heterocycles. The van der Waals surface area contributed by atoms with E-state index in [1.165, 1.54) is 10.9 Å². The second kappa shape index (κ2) is 8.03. The summed E-state index contributed by atoms with van der Waals surface area (Å²) >= 11 is 0. The fraction of sp³-hybridized carbons (Fsp3) is 0.412. The summed E-state index contributed by atoms with van der Waals surface area (Å²) in [5.74, 6) is -0.310. The lowest BCUT2D eigenvalue weighted by Crippen LogP contribution is -2.25. The van der Waals surface area contributed by atoms with E-state index >= 15 is 0 Å². The van der Waals surface area contributed by atoms with E-state index in [0.29, 0.717) is 18.7 Å². The van der Waals surface area contributed by atoms with E-state index in [4.69, 9.17) is 0 Å². The van der Waals surface area contributed by atoms with Crippen molar-refractivity contribution in [2.24, 2.45) is 0 Å². The first-order valence-corrected chi connectivity index (χ1v) is 8.96. The topological polar surface area (TPSA) is 126 Å². The quantitative estimate of drug-likeness (QED) is 0.467. The van der Waals surface area contributed by atoms with Gasteiger partial charge in [-0.1, -0.05) is 6.92 Å². The number of rotatable bonds is 8. The van der Waals surface area contributed by atoms with Gasteiger partial charge in [-0.3, -0.25) is 29.0 Å². The molecule has 0 aliphatic carbocycles. The van der Waals surface area contributed by atoms with Crippen LogP contribution in [-0.4, -0.2) is 40.2 Å². The minimum absolute atomic E-state index is 0.151. The summed E-state index contributed by atoms with van der Waals surface area (Å²) in [6.07, 6.45) is 7.94. The lowest BCUT2D eigenvalue weighted by atomic mass is 10.2. The number of carbonyl (C=O) groups is 1. The van der Waals surface area contributed by atoms with Crippen molar-refractivity contribution in [3.63, 3.8) is 0 Å². The summed E-state index contributed by atoms with van der Waals surface area (Å²) in [5.41, 5.74) is 2.53. The third-order valence-corrected chi connectivity index (χ3v) is 4.54. The predicted octanol–water partition coefficient (Wildman–Crippen LogP) is 2.15. The summed E-state index contributed by atoms with van der Waals surface area (Å²) < 4.78 is 4.94. The molecule has 1 N–H and O–H groups in total. The fourth-order valence-electron chi connectivity index (χ4n) is 2.96. The molecule has 0 saturated carbocycles. The maximum absolute atomic E-state index is 12.6. The van der Waals surface area contributed by atoms with Crippen LogP contribution in [0.5, 0.6) is 0 Å². The van der Waals surface area contributed by atoms with Crippen molar-refractivity contribution in [1.29, 1.82) is 0 Å². The van der Waals surface area contributed by atoms with Gasteiger partial charge in [0.15, 0.2) is 0 Å². The van der Waals surface area contributed by atoms with Gasteiger partial charge in [-0.25, -0.2) is 0 Å². The van der Waals surface area contributed by atoms with Crippen LogP contribution in [0.15, 0.2) is 31.0 Å². The molecule has 0 saturated heterocycles. The number of hydrogen-bond acceptors (Lipinski definition) is 6. The van der Waals surface area contributed by atoms with Crippen molar-refractivity contribution in [3.05, 3.63) is 52.4 Å². The minimum Gasteiger partial charge on any atom is -0.322 e. The van der Waals surface area contributed by atoms with Crippen LogP contribution in [0.25, 0.3) is 0 Å². The maximum Gasteiger partial charge on any atom is 0.307 e. The van der Waals surface area contributed by atoms with E-state index in [2.05, 4.69) is 20.6 Å².